The fraction of sp³-hybridized carbons (Fsp3) is 0.115. The molecule has 32 heavy (non-hydrogen) atoms. The average Bonchev–Trinajstić information content (AvgIpc) is 3.51. The summed E-state index contributed by atoms with van der Waals surface area (Å²) >= 11 is 0. The zero-order valence-electron chi connectivity index (χ0n) is 18.3. The Morgan fingerprint density at radius 1 is 1.16 bits per heavy atom. The van der Waals surface area contributed by atoms with Crippen LogP contribution in [0.3, 0.4) is 0 Å². The maximum absolute atomic E-state index is 4.63. The van der Waals surface area contributed by atoms with Crippen LogP contribution in [-0.2, 0) is 0 Å². The summed E-state index contributed by atoms with van der Waals surface area (Å²) in [5.74, 6) is 0. The van der Waals surface area contributed by atoms with E-state index in [0.29, 0.717) is 0 Å². The van der Waals surface area contributed by atoms with Crippen LogP contribution in [0, 0.1) is 13.8 Å². The van der Waals surface area contributed by atoms with E-state index in [1.165, 1.54) is 0 Å². The van der Waals surface area contributed by atoms with Crippen molar-refractivity contribution < 1.29 is 0 Å². The average molecular weight is 421 g/mol. The van der Waals surface area contributed by atoms with Crippen molar-refractivity contribution in [2.24, 2.45) is 0 Å². The lowest BCUT2D eigenvalue weighted by Gasteiger charge is -2.03. The summed E-state index contributed by atoms with van der Waals surface area (Å²) in [5.41, 5.74) is 7.87. The van der Waals surface area contributed by atoms with Crippen molar-refractivity contribution in [1.29, 1.82) is 0 Å². The second-order valence-corrected chi connectivity index (χ2v) is 7.95. The van der Waals surface area contributed by atoms with Gasteiger partial charge in [-0.1, -0.05) is 18.7 Å². The van der Waals surface area contributed by atoms with Gasteiger partial charge in [0.1, 0.15) is 5.69 Å². The highest BCUT2D eigenvalue weighted by atomic mass is 15.1. The third-order valence-electron chi connectivity index (χ3n) is 5.57. The zero-order valence-corrected chi connectivity index (χ0v) is 18.3. The van der Waals surface area contributed by atoms with Crippen LogP contribution in [0.1, 0.15) is 23.7 Å². The van der Waals surface area contributed by atoms with Crippen molar-refractivity contribution in [1.82, 2.24) is 29.7 Å². The first kappa shape index (κ1) is 19.8. The van der Waals surface area contributed by atoms with Gasteiger partial charge in [0.25, 0.3) is 0 Å². The minimum atomic E-state index is 0.851. The molecule has 2 N–H and O–H groups in total. The van der Waals surface area contributed by atoms with E-state index in [0.717, 1.165) is 60.9 Å². The number of hydrogen-bond acceptors (Lipinski definition) is 3. The van der Waals surface area contributed by atoms with Crippen LogP contribution in [-0.4, -0.2) is 29.7 Å². The number of aromatic nitrogens is 6. The number of aryl methyl sites for hydroxylation is 2. The second kappa shape index (κ2) is 7.81. The molecule has 4 heterocycles. The van der Waals surface area contributed by atoms with E-state index in [-0.39, 0.29) is 0 Å². The highest BCUT2D eigenvalue weighted by Crippen LogP contribution is 2.27. The molecular formula is C26H24N6. The molecule has 0 saturated heterocycles. The molecule has 158 valence electrons. The smallest absolute Gasteiger partial charge is 0.116 e. The van der Waals surface area contributed by atoms with Crippen molar-refractivity contribution in [2.75, 3.05) is 0 Å². The van der Waals surface area contributed by atoms with Crippen LogP contribution in [0.5, 0.6) is 0 Å². The van der Waals surface area contributed by atoms with Crippen LogP contribution < -0.4 is 10.6 Å². The largest absolute Gasteiger partial charge is 0.353 e. The van der Waals surface area contributed by atoms with Gasteiger partial charge in [-0.25, -0.2) is 4.98 Å². The van der Waals surface area contributed by atoms with Crippen LogP contribution in [0.2, 0.25) is 0 Å². The number of H-pyrrole nitrogens is 2. The summed E-state index contributed by atoms with van der Waals surface area (Å²) in [6.07, 6.45) is 11.6. The molecule has 0 aliphatic carbocycles. The van der Waals surface area contributed by atoms with Crippen LogP contribution >= 0.6 is 0 Å². The van der Waals surface area contributed by atoms with Crippen LogP contribution in [0.4, 0.5) is 0 Å². The first-order chi connectivity index (χ1) is 15.5. The molecule has 0 fully saturated rings. The number of benzene rings is 1. The lowest BCUT2D eigenvalue weighted by Crippen LogP contribution is -2.23. The molecule has 6 heteroatoms. The minimum absolute atomic E-state index is 0.851. The van der Waals surface area contributed by atoms with E-state index < -0.39 is 0 Å². The molecule has 5 rings (SSSR count). The Balaban J connectivity index is 1.67. The Morgan fingerprint density at radius 2 is 2.03 bits per heavy atom. The normalized spacial score (nSPS) is 12.7. The van der Waals surface area contributed by atoms with E-state index in [2.05, 4.69) is 62.1 Å². The molecule has 0 spiro atoms. The summed E-state index contributed by atoms with van der Waals surface area (Å²) in [6, 6.07) is 10.4. The number of aromatic amines is 2. The Bertz CT molecular complexity index is 1580. The van der Waals surface area contributed by atoms with E-state index in [1.807, 2.05) is 62.4 Å². The fourth-order valence-electron chi connectivity index (χ4n) is 3.97. The molecule has 0 atom stereocenters. The number of allylic oxidation sites excluding steroid dienone is 1. The van der Waals surface area contributed by atoms with Crippen molar-refractivity contribution >= 4 is 28.6 Å². The van der Waals surface area contributed by atoms with Gasteiger partial charge in [0.2, 0.25) is 0 Å². The Kier molecular flexibility index (Phi) is 4.82. The molecule has 6 nitrogen and oxygen atoms in total. The molecule has 0 bridgehead atoms. The van der Waals surface area contributed by atoms with Crippen molar-refractivity contribution in [2.45, 2.75) is 20.8 Å². The molecule has 0 aliphatic rings. The number of imidazole rings is 1. The lowest BCUT2D eigenvalue weighted by molar-refractivity contribution is 1.06. The summed E-state index contributed by atoms with van der Waals surface area (Å²) in [7, 11) is 0. The van der Waals surface area contributed by atoms with E-state index in [4.69, 9.17) is 0 Å². The lowest BCUT2D eigenvalue weighted by atomic mass is 10.1. The summed E-state index contributed by atoms with van der Waals surface area (Å²) in [6.45, 7) is 10.3. The summed E-state index contributed by atoms with van der Waals surface area (Å²) in [4.78, 5) is 12.2. The first-order valence-corrected chi connectivity index (χ1v) is 10.5. The molecule has 0 amide bonds. The molecule has 0 unspecified atom stereocenters. The van der Waals surface area contributed by atoms with E-state index >= 15 is 0 Å². The maximum atomic E-state index is 4.63. The Hall–Kier alpha value is -4.19. The van der Waals surface area contributed by atoms with E-state index in [9.17, 15) is 0 Å². The van der Waals surface area contributed by atoms with Gasteiger partial charge in [-0.3, -0.25) is 10.1 Å². The van der Waals surface area contributed by atoms with Crippen LogP contribution in [0.15, 0.2) is 61.8 Å². The van der Waals surface area contributed by atoms with Crippen molar-refractivity contribution in [3.8, 4) is 17.1 Å². The minimum Gasteiger partial charge on any atom is -0.353 e. The van der Waals surface area contributed by atoms with Crippen LogP contribution in [0.25, 0.3) is 45.7 Å². The predicted octanol–water partition coefficient (Wildman–Crippen LogP) is 4.05. The monoisotopic (exact) mass is 420 g/mol. The van der Waals surface area contributed by atoms with Gasteiger partial charge in [-0.15, -0.1) is 0 Å². The van der Waals surface area contributed by atoms with E-state index in [1.54, 1.807) is 0 Å². The summed E-state index contributed by atoms with van der Waals surface area (Å²) in [5, 5.41) is 10.8. The molecule has 0 radical (unpaired) electrons. The Morgan fingerprint density at radius 3 is 2.78 bits per heavy atom. The molecule has 5 aromatic rings. The number of nitrogens with one attached hydrogen (secondary N) is 2. The third kappa shape index (κ3) is 3.46. The second-order valence-electron chi connectivity index (χ2n) is 7.95. The van der Waals surface area contributed by atoms with Gasteiger partial charge in [-0.2, -0.15) is 5.10 Å². The number of pyridine rings is 1. The topological polar surface area (TPSA) is 75.2 Å². The highest BCUT2D eigenvalue weighted by molar-refractivity contribution is 5.93. The standard InChI is InChI=1S/C26H24N6/c1-5-22-21(10-17(3)19-9-16(2)12-27-13-19)26(31-30-22)24-11-20-23(29-24)7-6-8-25(20)32-14-18(4)28-15-32/h5-15,29-30H,3H2,1-2,4H3/b21-10+,22-5+. The van der Waals surface area contributed by atoms with Gasteiger partial charge < -0.3 is 9.55 Å². The quantitative estimate of drug-likeness (QED) is 0.461. The fourth-order valence-corrected chi connectivity index (χ4v) is 3.97. The maximum Gasteiger partial charge on any atom is 0.116 e. The van der Waals surface area contributed by atoms with Crippen molar-refractivity contribution in [3.63, 3.8) is 0 Å². The van der Waals surface area contributed by atoms with Gasteiger partial charge in [0.15, 0.2) is 0 Å². The number of nitrogens with zero attached hydrogens (tertiary/aromatic N) is 4. The number of rotatable bonds is 4. The van der Waals surface area contributed by atoms with Gasteiger partial charge >= 0.3 is 0 Å². The molecule has 0 saturated carbocycles. The SMILES string of the molecule is C=C(/C=c1/c(-c2cc3c(-n4cnc(C)c4)cccc3[nH]2)n[nH]/c1=C/C)c1cncc(C)c1. The Labute approximate surface area is 185 Å². The van der Waals surface area contributed by atoms with Gasteiger partial charge in [-0.05, 0) is 67.8 Å². The predicted molar refractivity (Wildman–Crippen MR) is 130 cm³/mol. The highest BCUT2D eigenvalue weighted by Gasteiger charge is 2.12. The van der Waals surface area contributed by atoms with Gasteiger partial charge in [0.05, 0.1) is 28.8 Å². The number of fused-ring (bicyclic) bond motifs is 1. The number of hydrogen-bond donors (Lipinski definition) is 2. The zero-order chi connectivity index (χ0) is 22.2. The third-order valence-corrected chi connectivity index (χ3v) is 5.57. The molecule has 4 aromatic heterocycles. The first-order valence-electron chi connectivity index (χ1n) is 10.5. The van der Waals surface area contributed by atoms with Gasteiger partial charge in [0, 0.05) is 34.7 Å². The summed E-state index contributed by atoms with van der Waals surface area (Å²) < 4.78 is 2.05. The molecule has 0 aliphatic heterocycles. The van der Waals surface area contributed by atoms with Crippen molar-refractivity contribution in [3.05, 3.63) is 89.2 Å². The molecule has 1 aromatic carbocycles. The molecular weight excluding hydrogens is 396 g/mol.